The van der Waals surface area contributed by atoms with E-state index in [-0.39, 0.29) is 11.7 Å². The van der Waals surface area contributed by atoms with Crippen molar-refractivity contribution in [3.8, 4) is 5.75 Å². The maximum Gasteiger partial charge on any atom is 0.220 e. The van der Waals surface area contributed by atoms with E-state index < -0.39 is 0 Å². The van der Waals surface area contributed by atoms with Gasteiger partial charge in [-0.15, -0.1) is 5.10 Å². The minimum Gasteiger partial charge on any atom is -0.507 e. The van der Waals surface area contributed by atoms with Crippen LogP contribution in [0.4, 0.5) is 5.69 Å². The fourth-order valence-corrected chi connectivity index (χ4v) is 1.60. The van der Waals surface area contributed by atoms with E-state index in [4.69, 9.17) is 5.73 Å². The fourth-order valence-electron chi connectivity index (χ4n) is 1.60. The highest BCUT2D eigenvalue weighted by atomic mass is 16.3. The molecule has 0 aliphatic carbocycles. The topological polar surface area (TPSA) is 74.2 Å². The van der Waals surface area contributed by atoms with Crippen LogP contribution in [0.3, 0.4) is 0 Å². The molecule has 0 aromatic heterocycles. The first-order valence-corrected chi connectivity index (χ1v) is 6.12. The minimum atomic E-state index is 0.154. The van der Waals surface area contributed by atoms with Gasteiger partial charge in [-0.1, -0.05) is 30.3 Å². The van der Waals surface area contributed by atoms with E-state index in [1.54, 1.807) is 23.1 Å². The Labute approximate surface area is 117 Å². The lowest BCUT2D eigenvalue weighted by Gasteiger charge is -2.16. The van der Waals surface area contributed by atoms with Crippen LogP contribution in [-0.4, -0.2) is 24.3 Å². The van der Waals surface area contributed by atoms with Gasteiger partial charge in [0.1, 0.15) is 5.75 Å². The standard InChI is InChI=1S/C15H16N4O/c1-19(13-8-3-2-4-9-13)15(16)18-17-11-12-7-5-6-10-14(12)20/h2-11,20H,1H3,(H2,16,18)/b17-11+. The first-order valence-electron chi connectivity index (χ1n) is 6.12. The Hall–Kier alpha value is -2.82. The van der Waals surface area contributed by atoms with Crippen molar-refractivity contribution in [2.75, 3.05) is 11.9 Å². The van der Waals surface area contributed by atoms with Crippen LogP contribution < -0.4 is 10.6 Å². The third-order valence-electron chi connectivity index (χ3n) is 2.78. The van der Waals surface area contributed by atoms with E-state index in [1.807, 2.05) is 43.4 Å². The Balaban J connectivity index is 2.10. The van der Waals surface area contributed by atoms with E-state index in [9.17, 15) is 5.11 Å². The molecule has 5 heteroatoms. The quantitative estimate of drug-likeness (QED) is 0.509. The van der Waals surface area contributed by atoms with Crippen molar-refractivity contribution in [2.45, 2.75) is 0 Å². The Kier molecular flexibility index (Phi) is 4.34. The zero-order valence-corrected chi connectivity index (χ0v) is 11.1. The summed E-state index contributed by atoms with van der Waals surface area (Å²) in [5, 5.41) is 17.4. The summed E-state index contributed by atoms with van der Waals surface area (Å²) in [6.45, 7) is 0. The van der Waals surface area contributed by atoms with Crippen LogP contribution in [0.15, 0.2) is 64.8 Å². The Morgan fingerprint density at radius 3 is 2.45 bits per heavy atom. The van der Waals surface area contributed by atoms with E-state index in [0.29, 0.717) is 5.56 Å². The van der Waals surface area contributed by atoms with E-state index in [2.05, 4.69) is 10.2 Å². The summed E-state index contributed by atoms with van der Waals surface area (Å²) >= 11 is 0. The SMILES string of the molecule is CN(/C(N)=N/N=C/c1ccccc1O)c1ccccc1. The average Bonchev–Trinajstić information content (AvgIpc) is 2.49. The van der Waals surface area contributed by atoms with Crippen molar-refractivity contribution in [1.29, 1.82) is 0 Å². The molecule has 2 aromatic rings. The second-order valence-corrected chi connectivity index (χ2v) is 4.16. The molecule has 0 atom stereocenters. The van der Waals surface area contributed by atoms with Gasteiger partial charge in [0.15, 0.2) is 0 Å². The van der Waals surface area contributed by atoms with Crippen LogP contribution in [0.1, 0.15) is 5.56 Å². The molecule has 0 radical (unpaired) electrons. The highest BCUT2D eigenvalue weighted by Crippen LogP contribution is 2.13. The molecule has 102 valence electrons. The first kappa shape index (κ1) is 13.6. The van der Waals surface area contributed by atoms with Crippen LogP contribution in [-0.2, 0) is 0 Å². The van der Waals surface area contributed by atoms with Crippen LogP contribution in [0.5, 0.6) is 5.75 Å². The number of benzene rings is 2. The zero-order chi connectivity index (χ0) is 14.4. The molecule has 3 N–H and O–H groups in total. The molecule has 0 saturated heterocycles. The number of rotatable bonds is 3. The van der Waals surface area contributed by atoms with Gasteiger partial charge in [-0.05, 0) is 24.3 Å². The predicted molar refractivity (Wildman–Crippen MR) is 82.2 cm³/mol. The molecule has 20 heavy (non-hydrogen) atoms. The number of para-hydroxylation sites is 2. The smallest absolute Gasteiger partial charge is 0.220 e. The van der Waals surface area contributed by atoms with Crippen molar-refractivity contribution < 1.29 is 5.11 Å². The number of guanidine groups is 1. The summed E-state index contributed by atoms with van der Waals surface area (Å²) in [6.07, 6.45) is 1.46. The number of anilines is 1. The molecule has 0 heterocycles. The van der Waals surface area contributed by atoms with Crippen LogP contribution in [0, 0.1) is 0 Å². The second-order valence-electron chi connectivity index (χ2n) is 4.16. The lowest BCUT2D eigenvalue weighted by molar-refractivity contribution is 0.474. The monoisotopic (exact) mass is 268 g/mol. The lowest BCUT2D eigenvalue weighted by atomic mass is 10.2. The van der Waals surface area contributed by atoms with E-state index in [1.165, 1.54) is 6.21 Å². The van der Waals surface area contributed by atoms with Gasteiger partial charge in [-0.25, -0.2) is 0 Å². The number of hydrogen-bond donors (Lipinski definition) is 2. The average molecular weight is 268 g/mol. The highest BCUT2D eigenvalue weighted by Gasteiger charge is 2.03. The Morgan fingerprint density at radius 1 is 1.10 bits per heavy atom. The van der Waals surface area contributed by atoms with Gasteiger partial charge in [-0.3, -0.25) is 0 Å². The van der Waals surface area contributed by atoms with Gasteiger partial charge in [0, 0.05) is 18.3 Å². The van der Waals surface area contributed by atoms with Crippen LogP contribution in [0.25, 0.3) is 0 Å². The summed E-state index contributed by atoms with van der Waals surface area (Å²) in [7, 11) is 1.81. The normalized spacial score (nSPS) is 11.8. The highest BCUT2D eigenvalue weighted by molar-refractivity contribution is 5.94. The second kappa shape index (κ2) is 6.38. The van der Waals surface area contributed by atoms with Crippen LogP contribution in [0.2, 0.25) is 0 Å². The zero-order valence-electron chi connectivity index (χ0n) is 11.1. The van der Waals surface area contributed by atoms with Gasteiger partial charge < -0.3 is 15.7 Å². The molecule has 2 aromatic carbocycles. The fraction of sp³-hybridized carbons (Fsp3) is 0.0667. The Morgan fingerprint density at radius 2 is 1.75 bits per heavy atom. The molecule has 0 spiro atoms. The van der Waals surface area contributed by atoms with Crippen molar-refractivity contribution >= 4 is 17.9 Å². The molecule has 2 rings (SSSR count). The summed E-state index contributed by atoms with van der Waals surface area (Å²) in [6, 6.07) is 16.5. The number of phenolic OH excluding ortho intramolecular Hbond substituents is 1. The maximum absolute atomic E-state index is 9.58. The van der Waals surface area contributed by atoms with Gasteiger partial charge in [0.25, 0.3) is 0 Å². The van der Waals surface area contributed by atoms with E-state index >= 15 is 0 Å². The summed E-state index contributed by atoms with van der Waals surface area (Å²) < 4.78 is 0. The third-order valence-corrected chi connectivity index (χ3v) is 2.78. The minimum absolute atomic E-state index is 0.154. The summed E-state index contributed by atoms with van der Waals surface area (Å²) in [5.41, 5.74) is 7.36. The molecule has 0 saturated carbocycles. The number of aromatic hydroxyl groups is 1. The molecule has 0 unspecified atom stereocenters. The summed E-state index contributed by atoms with van der Waals surface area (Å²) in [4.78, 5) is 1.72. The van der Waals surface area contributed by atoms with Gasteiger partial charge in [-0.2, -0.15) is 5.10 Å². The number of hydrogen-bond acceptors (Lipinski definition) is 3. The Bertz CT molecular complexity index is 623. The molecular weight excluding hydrogens is 252 g/mol. The van der Waals surface area contributed by atoms with E-state index in [0.717, 1.165) is 5.69 Å². The number of nitrogens with two attached hydrogens (primary N) is 1. The first-order chi connectivity index (χ1) is 9.68. The maximum atomic E-state index is 9.58. The molecule has 0 aliphatic rings. The molecule has 0 bridgehead atoms. The largest absolute Gasteiger partial charge is 0.507 e. The van der Waals surface area contributed by atoms with Gasteiger partial charge in [0.05, 0.1) is 6.21 Å². The summed E-state index contributed by atoms with van der Waals surface area (Å²) in [5.74, 6) is 0.421. The molecule has 5 nitrogen and oxygen atoms in total. The number of phenols is 1. The lowest BCUT2D eigenvalue weighted by Crippen LogP contribution is -2.33. The number of nitrogens with zero attached hydrogens (tertiary/aromatic N) is 3. The molecule has 0 aliphatic heterocycles. The third kappa shape index (κ3) is 3.35. The molecule has 0 fully saturated rings. The van der Waals surface area contributed by atoms with Crippen molar-refractivity contribution in [1.82, 2.24) is 0 Å². The molecular formula is C15H16N4O. The predicted octanol–water partition coefficient (Wildman–Crippen LogP) is 2.18. The van der Waals surface area contributed by atoms with Gasteiger partial charge in [0.2, 0.25) is 5.96 Å². The van der Waals surface area contributed by atoms with Crippen molar-refractivity contribution in [2.24, 2.45) is 15.9 Å². The van der Waals surface area contributed by atoms with Crippen LogP contribution >= 0.6 is 0 Å². The van der Waals surface area contributed by atoms with Crippen molar-refractivity contribution in [3.05, 3.63) is 60.2 Å². The van der Waals surface area contributed by atoms with Gasteiger partial charge >= 0.3 is 0 Å². The van der Waals surface area contributed by atoms with Crippen molar-refractivity contribution in [3.63, 3.8) is 0 Å². The molecule has 0 amide bonds.